The minimum atomic E-state index is 0.722. The number of hydrogen-bond acceptors (Lipinski definition) is 4. The van der Waals surface area contributed by atoms with Crippen LogP contribution in [0.4, 0.5) is 0 Å². The average Bonchev–Trinajstić information content (AvgIpc) is 2.69. The van der Waals surface area contributed by atoms with Crippen molar-refractivity contribution < 1.29 is 0 Å². The molecule has 4 aromatic rings. The Morgan fingerprint density at radius 1 is 0.640 bits per heavy atom. The predicted molar refractivity (Wildman–Crippen MR) is 98.7 cm³/mol. The highest BCUT2D eigenvalue weighted by Gasteiger charge is 2.07. The molecule has 0 amide bonds. The van der Waals surface area contributed by atoms with Crippen LogP contribution in [0.1, 0.15) is 5.69 Å². The third-order valence-corrected chi connectivity index (χ3v) is 3.97. The van der Waals surface area contributed by atoms with E-state index in [1.54, 1.807) is 18.6 Å². The van der Waals surface area contributed by atoms with Crippen LogP contribution in [-0.2, 0) is 0 Å². The Hall–Kier alpha value is -3.40. The molecule has 3 aromatic heterocycles. The quantitative estimate of drug-likeness (QED) is 0.553. The molecule has 1 aromatic carbocycles. The Balaban J connectivity index is 1.71. The van der Waals surface area contributed by atoms with Gasteiger partial charge in [-0.1, -0.05) is 24.3 Å². The summed E-state index contributed by atoms with van der Waals surface area (Å²) >= 11 is 0. The third kappa shape index (κ3) is 3.28. The lowest BCUT2D eigenvalue weighted by Gasteiger charge is -2.07. The minimum Gasteiger partial charge on any atom is -0.265 e. The SMILES string of the molecule is Cc1cc(-c2cccnc2)nc(-c2ccc(-c3ccncc3)cc2)n1. The zero-order chi connectivity index (χ0) is 17.1. The number of nitrogens with zero attached hydrogens (tertiary/aromatic N) is 4. The molecule has 25 heavy (non-hydrogen) atoms. The smallest absolute Gasteiger partial charge is 0.160 e. The summed E-state index contributed by atoms with van der Waals surface area (Å²) in [6.07, 6.45) is 7.18. The van der Waals surface area contributed by atoms with Crippen molar-refractivity contribution in [3.05, 3.63) is 85.1 Å². The Bertz CT molecular complexity index is 981. The van der Waals surface area contributed by atoms with Crippen molar-refractivity contribution in [2.45, 2.75) is 6.92 Å². The van der Waals surface area contributed by atoms with Gasteiger partial charge in [-0.3, -0.25) is 9.97 Å². The van der Waals surface area contributed by atoms with Crippen molar-refractivity contribution in [3.63, 3.8) is 0 Å². The van der Waals surface area contributed by atoms with E-state index in [9.17, 15) is 0 Å². The van der Waals surface area contributed by atoms with Gasteiger partial charge in [0.1, 0.15) is 0 Å². The van der Waals surface area contributed by atoms with Gasteiger partial charge in [0.25, 0.3) is 0 Å². The molecule has 4 rings (SSSR count). The van der Waals surface area contributed by atoms with E-state index < -0.39 is 0 Å². The van der Waals surface area contributed by atoms with Crippen molar-refractivity contribution >= 4 is 0 Å². The molecule has 0 radical (unpaired) electrons. The van der Waals surface area contributed by atoms with Crippen LogP contribution in [0.2, 0.25) is 0 Å². The summed E-state index contributed by atoms with van der Waals surface area (Å²) in [5, 5.41) is 0. The monoisotopic (exact) mass is 324 g/mol. The van der Waals surface area contributed by atoms with Crippen LogP contribution < -0.4 is 0 Å². The van der Waals surface area contributed by atoms with Gasteiger partial charge in [-0.15, -0.1) is 0 Å². The van der Waals surface area contributed by atoms with Crippen molar-refractivity contribution in [1.29, 1.82) is 0 Å². The number of aromatic nitrogens is 4. The summed E-state index contributed by atoms with van der Waals surface area (Å²) < 4.78 is 0. The first-order chi connectivity index (χ1) is 12.3. The van der Waals surface area contributed by atoms with Gasteiger partial charge in [0, 0.05) is 41.6 Å². The van der Waals surface area contributed by atoms with Crippen molar-refractivity contribution in [2.75, 3.05) is 0 Å². The van der Waals surface area contributed by atoms with E-state index in [2.05, 4.69) is 39.2 Å². The first-order valence-electron chi connectivity index (χ1n) is 8.06. The second kappa shape index (κ2) is 6.61. The molecular weight excluding hydrogens is 308 g/mol. The van der Waals surface area contributed by atoms with Crippen molar-refractivity contribution in [2.24, 2.45) is 0 Å². The lowest BCUT2D eigenvalue weighted by Crippen LogP contribution is -1.95. The van der Waals surface area contributed by atoms with Crippen LogP contribution in [-0.4, -0.2) is 19.9 Å². The van der Waals surface area contributed by atoms with E-state index in [1.807, 2.05) is 43.5 Å². The van der Waals surface area contributed by atoms with Gasteiger partial charge in [-0.05, 0) is 48.4 Å². The fourth-order valence-electron chi connectivity index (χ4n) is 2.72. The maximum absolute atomic E-state index is 4.72. The number of aryl methyl sites for hydroxylation is 1. The Morgan fingerprint density at radius 2 is 1.36 bits per heavy atom. The zero-order valence-corrected chi connectivity index (χ0v) is 13.8. The third-order valence-electron chi connectivity index (χ3n) is 3.97. The molecule has 0 unspecified atom stereocenters. The highest BCUT2D eigenvalue weighted by molar-refractivity contribution is 5.68. The zero-order valence-electron chi connectivity index (χ0n) is 13.8. The van der Waals surface area contributed by atoms with Gasteiger partial charge < -0.3 is 0 Å². The first-order valence-corrected chi connectivity index (χ1v) is 8.06. The standard InChI is InChI=1S/C21H16N4/c1-15-13-20(19-3-2-10-23-14-19)25-21(24-15)18-6-4-16(5-7-18)17-8-11-22-12-9-17/h2-14H,1H3. The summed E-state index contributed by atoms with van der Waals surface area (Å²) in [6.45, 7) is 1.98. The Kier molecular flexibility index (Phi) is 4.01. The molecule has 0 aliphatic heterocycles. The summed E-state index contributed by atoms with van der Waals surface area (Å²) in [5.74, 6) is 0.722. The Labute approximate surface area is 146 Å². The number of rotatable bonds is 3. The molecule has 0 spiro atoms. The van der Waals surface area contributed by atoms with Gasteiger partial charge in [-0.25, -0.2) is 9.97 Å². The summed E-state index contributed by atoms with van der Waals surface area (Å²) in [6, 6.07) is 18.2. The minimum absolute atomic E-state index is 0.722. The molecule has 0 saturated carbocycles. The van der Waals surface area contributed by atoms with Gasteiger partial charge >= 0.3 is 0 Å². The van der Waals surface area contributed by atoms with Crippen LogP contribution in [0.3, 0.4) is 0 Å². The predicted octanol–water partition coefficient (Wildman–Crippen LogP) is 4.58. The molecular formula is C21H16N4. The molecule has 120 valence electrons. The highest BCUT2D eigenvalue weighted by Crippen LogP contribution is 2.25. The summed E-state index contributed by atoms with van der Waals surface area (Å²) in [4.78, 5) is 17.5. The van der Waals surface area contributed by atoms with Crippen LogP contribution in [0.25, 0.3) is 33.8 Å². The maximum Gasteiger partial charge on any atom is 0.160 e. The molecule has 0 fully saturated rings. The van der Waals surface area contributed by atoms with Crippen LogP contribution >= 0.6 is 0 Å². The summed E-state index contributed by atoms with van der Waals surface area (Å²) in [5.41, 5.74) is 6.08. The van der Waals surface area contributed by atoms with E-state index in [-0.39, 0.29) is 0 Å². The van der Waals surface area contributed by atoms with Crippen molar-refractivity contribution in [3.8, 4) is 33.8 Å². The van der Waals surface area contributed by atoms with E-state index in [0.717, 1.165) is 39.5 Å². The molecule has 0 aliphatic carbocycles. The van der Waals surface area contributed by atoms with Gasteiger partial charge in [-0.2, -0.15) is 0 Å². The fraction of sp³-hybridized carbons (Fsp3) is 0.0476. The maximum atomic E-state index is 4.72. The largest absolute Gasteiger partial charge is 0.265 e. The normalized spacial score (nSPS) is 10.6. The van der Waals surface area contributed by atoms with E-state index in [0.29, 0.717) is 0 Å². The number of hydrogen-bond donors (Lipinski definition) is 0. The second-order valence-corrected chi connectivity index (χ2v) is 5.77. The number of benzene rings is 1. The lowest BCUT2D eigenvalue weighted by atomic mass is 10.0. The Morgan fingerprint density at radius 3 is 2.08 bits per heavy atom. The molecule has 0 bridgehead atoms. The van der Waals surface area contributed by atoms with Crippen LogP contribution in [0.15, 0.2) is 79.4 Å². The fourth-order valence-corrected chi connectivity index (χ4v) is 2.72. The topological polar surface area (TPSA) is 51.6 Å². The van der Waals surface area contributed by atoms with E-state index >= 15 is 0 Å². The van der Waals surface area contributed by atoms with Crippen LogP contribution in [0.5, 0.6) is 0 Å². The second-order valence-electron chi connectivity index (χ2n) is 5.77. The molecule has 0 aliphatic rings. The molecule has 4 heteroatoms. The average molecular weight is 324 g/mol. The van der Waals surface area contributed by atoms with Crippen molar-refractivity contribution in [1.82, 2.24) is 19.9 Å². The molecule has 0 atom stereocenters. The molecule has 0 N–H and O–H groups in total. The molecule has 3 heterocycles. The van der Waals surface area contributed by atoms with Crippen LogP contribution in [0, 0.1) is 6.92 Å². The van der Waals surface area contributed by atoms with E-state index in [1.165, 1.54) is 0 Å². The molecule has 0 saturated heterocycles. The van der Waals surface area contributed by atoms with E-state index in [4.69, 9.17) is 4.98 Å². The van der Waals surface area contributed by atoms with Gasteiger partial charge in [0.2, 0.25) is 0 Å². The first kappa shape index (κ1) is 15.1. The summed E-state index contributed by atoms with van der Waals surface area (Å²) in [7, 11) is 0. The highest BCUT2D eigenvalue weighted by atomic mass is 14.9. The van der Waals surface area contributed by atoms with Gasteiger partial charge in [0.05, 0.1) is 5.69 Å². The number of pyridine rings is 2. The van der Waals surface area contributed by atoms with Gasteiger partial charge in [0.15, 0.2) is 5.82 Å². The molecule has 4 nitrogen and oxygen atoms in total. The lowest BCUT2D eigenvalue weighted by molar-refractivity contribution is 1.11.